The van der Waals surface area contributed by atoms with E-state index >= 15 is 0 Å². The molecule has 0 amide bonds. The quantitative estimate of drug-likeness (QED) is 0.492. The Balaban J connectivity index is 2.62. The topological polar surface area (TPSA) is 51.1 Å². The second kappa shape index (κ2) is 6.26. The lowest BCUT2D eigenvalue weighted by Gasteiger charge is -2.09. The number of hydrogen-bond acceptors (Lipinski definition) is 4. The summed E-state index contributed by atoms with van der Waals surface area (Å²) in [5.41, 5.74) is 1.00. The van der Waals surface area contributed by atoms with E-state index in [1.165, 1.54) is 7.11 Å². The molecule has 0 aliphatic carbocycles. The molecule has 0 fully saturated rings. The van der Waals surface area contributed by atoms with E-state index in [0.29, 0.717) is 11.3 Å². The molecule has 0 heterocycles. The molecule has 21 heavy (non-hydrogen) atoms. The van der Waals surface area contributed by atoms with Crippen LogP contribution < -0.4 is 4.74 Å². The van der Waals surface area contributed by atoms with Crippen LogP contribution in [0.25, 0.3) is 10.8 Å². The highest BCUT2D eigenvalue weighted by Crippen LogP contribution is 2.29. The van der Waals surface area contributed by atoms with Crippen LogP contribution in [0.3, 0.4) is 0 Å². The molecule has 5 nitrogen and oxygen atoms in total. The highest BCUT2D eigenvalue weighted by Gasteiger charge is 2.13. The van der Waals surface area contributed by atoms with Crippen molar-refractivity contribution >= 4 is 28.8 Å². The van der Waals surface area contributed by atoms with E-state index in [1.54, 1.807) is 24.4 Å². The van der Waals surface area contributed by atoms with Gasteiger partial charge in [-0.1, -0.05) is 6.07 Å². The third kappa shape index (κ3) is 3.31. The van der Waals surface area contributed by atoms with E-state index in [4.69, 9.17) is 9.47 Å². The lowest BCUT2D eigenvalue weighted by atomic mass is 10.0. The van der Waals surface area contributed by atoms with Gasteiger partial charge in [-0.3, -0.25) is 0 Å². The fourth-order valence-electron chi connectivity index (χ4n) is 1.95. The second-order valence-electron chi connectivity index (χ2n) is 4.78. The van der Waals surface area contributed by atoms with Crippen LogP contribution in [-0.4, -0.2) is 45.5 Å². The first-order valence-electron chi connectivity index (χ1n) is 6.46. The highest BCUT2D eigenvalue weighted by atomic mass is 16.5. The lowest BCUT2D eigenvalue weighted by molar-refractivity contribution is 0.0602. The van der Waals surface area contributed by atoms with Crippen molar-refractivity contribution in [2.24, 2.45) is 4.99 Å². The Kier molecular flexibility index (Phi) is 4.42. The number of fused-ring (bicyclic) bond motifs is 1. The fraction of sp³-hybridized carbons (Fsp3) is 0.250. The molecule has 0 aromatic heterocycles. The smallest absolute Gasteiger partial charge is 0.340 e. The van der Waals surface area contributed by atoms with Gasteiger partial charge in [-0.15, -0.1) is 0 Å². The van der Waals surface area contributed by atoms with E-state index in [1.807, 2.05) is 38.4 Å². The summed E-state index contributed by atoms with van der Waals surface area (Å²) in [7, 11) is 6.70. The summed E-state index contributed by atoms with van der Waals surface area (Å²) in [5, 5.41) is 1.88. The highest BCUT2D eigenvalue weighted by molar-refractivity contribution is 6.01. The van der Waals surface area contributed by atoms with E-state index in [9.17, 15) is 4.79 Å². The minimum atomic E-state index is -0.411. The van der Waals surface area contributed by atoms with E-state index in [0.717, 1.165) is 16.5 Å². The Morgan fingerprint density at radius 2 is 1.90 bits per heavy atom. The third-order valence-corrected chi connectivity index (χ3v) is 3.00. The summed E-state index contributed by atoms with van der Waals surface area (Å²) in [4.78, 5) is 18.1. The Morgan fingerprint density at radius 3 is 2.52 bits per heavy atom. The second-order valence-corrected chi connectivity index (χ2v) is 4.78. The van der Waals surface area contributed by atoms with Crippen molar-refractivity contribution in [3.63, 3.8) is 0 Å². The maximum atomic E-state index is 11.9. The van der Waals surface area contributed by atoms with Gasteiger partial charge in [0.05, 0.1) is 31.8 Å². The summed E-state index contributed by atoms with van der Waals surface area (Å²) in [5.74, 6) is 0.327. The first kappa shape index (κ1) is 14.8. The molecule has 0 N–H and O–H groups in total. The average Bonchev–Trinajstić information content (AvgIpc) is 2.50. The van der Waals surface area contributed by atoms with Crippen molar-refractivity contribution in [2.75, 3.05) is 28.3 Å². The third-order valence-electron chi connectivity index (χ3n) is 3.00. The summed E-state index contributed by atoms with van der Waals surface area (Å²) >= 11 is 0. The number of ether oxygens (including phenoxy) is 2. The van der Waals surface area contributed by atoms with Gasteiger partial charge in [0.1, 0.15) is 5.75 Å². The molecule has 2 rings (SSSR count). The molecule has 0 saturated heterocycles. The van der Waals surface area contributed by atoms with Crippen molar-refractivity contribution in [3.8, 4) is 5.75 Å². The molecule has 0 aliphatic rings. The van der Waals surface area contributed by atoms with Crippen molar-refractivity contribution < 1.29 is 14.3 Å². The zero-order valence-electron chi connectivity index (χ0n) is 12.6. The van der Waals surface area contributed by atoms with Gasteiger partial charge in [0.25, 0.3) is 0 Å². The van der Waals surface area contributed by atoms with Crippen LogP contribution >= 0.6 is 0 Å². The van der Waals surface area contributed by atoms with Gasteiger partial charge in [0, 0.05) is 14.1 Å². The largest absolute Gasteiger partial charge is 0.497 e. The first-order valence-corrected chi connectivity index (χ1v) is 6.46. The molecular weight excluding hydrogens is 268 g/mol. The number of aliphatic imine (C=N–C) groups is 1. The molecule has 5 heteroatoms. The standard InChI is InChI=1S/C16H18N2O3/c1-18(2)10-17-15-9-11-5-6-13(20-3)7-12(11)8-14(15)16(19)21-4/h5-10H,1-4H3. The summed E-state index contributed by atoms with van der Waals surface area (Å²) in [6.45, 7) is 0. The normalized spacial score (nSPS) is 10.9. The number of esters is 1. The van der Waals surface area contributed by atoms with E-state index in [-0.39, 0.29) is 0 Å². The Bertz CT molecular complexity index is 693. The number of carbonyl (C=O) groups is 1. The minimum Gasteiger partial charge on any atom is -0.497 e. The molecule has 0 radical (unpaired) electrons. The van der Waals surface area contributed by atoms with Crippen molar-refractivity contribution in [1.29, 1.82) is 0 Å². The molecule has 2 aromatic rings. The van der Waals surface area contributed by atoms with Gasteiger partial charge in [-0.25, -0.2) is 9.79 Å². The first-order chi connectivity index (χ1) is 10.0. The van der Waals surface area contributed by atoms with Crippen molar-refractivity contribution in [1.82, 2.24) is 4.90 Å². The summed E-state index contributed by atoms with van der Waals surface area (Å²) in [6.07, 6.45) is 1.65. The summed E-state index contributed by atoms with van der Waals surface area (Å²) in [6, 6.07) is 9.32. The minimum absolute atomic E-state index is 0.411. The van der Waals surface area contributed by atoms with Crippen LogP contribution in [0.4, 0.5) is 5.69 Å². The summed E-state index contributed by atoms with van der Waals surface area (Å²) < 4.78 is 10.0. The zero-order chi connectivity index (χ0) is 15.4. The van der Waals surface area contributed by atoms with Gasteiger partial charge in [-0.05, 0) is 35.0 Å². The number of benzene rings is 2. The van der Waals surface area contributed by atoms with Crippen molar-refractivity contribution in [3.05, 3.63) is 35.9 Å². The molecule has 2 aromatic carbocycles. The van der Waals surface area contributed by atoms with Crippen molar-refractivity contribution in [2.45, 2.75) is 0 Å². The van der Waals surface area contributed by atoms with Gasteiger partial charge >= 0.3 is 5.97 Å². The Morgan fingerprint density at radius 1 is 1.14 bits per heavy atom. The molecule has 0 bridgehead atoms. The van der Waals surface area contributed by atoms with Crippen LogP contribution in [0.15, 0.2) is 35.3 Å². The number of hydrogen-bond donors (Lipinski definition) is 0. The monoisotopic (exact) mass is 286 g/mol. The SMILES string of the molecule is COC(=O)c1cc2cc(OC)ccc2cc1N=CN(C)C. The average molecular weight is 286 g/mol. The fourth-order valence-corrected chi connectivity index (χ4v) is 1.95. The van der Waals surface area contributed by atoms with Crippen LogP contribution in [0.2, 0.25) is 0 Å². The van der Waals surface area contributed by atoms with Crippen LogP contribution in [0.1, 0.15) is 10.4 Å². The van der Waals surface area contributed by atoms with Gasteiger partial charge < -0.3 is 14.4 Å². The number of methoxy groups -OCH3 is 2. The number of rotatable bonds is 4. The lowest BCUT2D eigenvalue weighted by Crippen LogP contribution is -2.08. The number of carbonyl (C=O) groups excluding carboxylic acids is 1. The van der Waals surface area contributed by atoms with Gasteiger partial charge in [-0.2, -0.15) is 0 Å². The maximum Gasteiger partial charge on any atom is 0.340 e. The Hall–Kier alpha value is -2.56. The van der Waals surface area contributed by atoms with E-state index in [2.05, 4.69) is 4.99 Å². The molecule has 110 valence electrons. The van der Waals surface area contributed by atoms with E-state index < -0.39 is 5.97 Å². The molecule has 0 spiro atoms. The number of nitrogens with zero attached hydrogens (tertiary/aromatic N) is 2. The molecule has 0 aliphatic heterocycles. The molecule has 0 saturated carbocycles. The Labute approximate surface area is 123 Å². The van der Waals surface area contributed by atoms with Crippen LogP contribution in [-0.2, 0) is 4.74 Å². The predicted octanol–water partition coefficient (Wildman–Crippen LogP) is 2.86. The van der Waals surface area contributed by atoms with Crippen LogP contribution in [0.5, 0.6) is 5.75 Å². The predicted molar refractivity (Wildman–Crippen MR) is 83.7 cm³/mol. The van der Waals surface area contributed by atoms with Crippen LogP contribution in [0, 0.1) is 0 Å². The van der Waals surface area contributed by atoms with Gasteiger partial charge in [0.15, 0.2) is 0 Å². The molecule has 0 atom stereocenters. The van der Waals surface area contributed by atoms with Gasteiger partial charge in [0.2, 0.25) is 0 Å². The zero-order valence-corrected chi connectivity index (χ0v) is 12.6. The molecular formula is C16H18N2O3. The maximum absolute atomic E-state index is 11.9. The molecule has 0 unspecified atom stereocenters.